The minimum Gasteiger partial charge on any atom is -0.489 e. The summed E-state index contributed by atoms with van der Waals surface area (Å²) in [6.07, 6.45) is 5.65. The fourth-order valence-corrected chi connectivity index (χ4v) is 5.14. The van der Waals surface area contributed by atoms with E-state index in [1.54, 1.807) is 0 Å². The van der Waals surface area contributed by atoms with Crippen molar-refractivity contribution in [3.8, 4) is 5.75 Å². The van der Waals surface area contributed by atoms with Gasteiger partial charge in [-0.3, -0.25) is 14.4 Å². The Morgan fingerprint density at radius 3 is 2.66 bits per heavy atom. The van der Waals surface area contributed by atoms with Crippen LogP contribution in [0.2, 0.25) is 5.02 Å². The molecule has 7 nitrogen and oxygen atoms in total. The molecule has 4 aliphatic rings. The lowest BCUT2D eigenvalue weighted by Crippen LogP contribution is -2.48. The van der Waals surface area contributed by atoms with Crippen LogP contribution in [0.15, 0.2) is 23.3 Å². The van der Waals surface area contributed by atoms with E-state index >= 15 is 0 Å². The van der Waals surface area contributed by atoms with Crippen molar-refractivity contribution in [1.29, 1.82) is 0 Å². The third kappa shape index (κ3) is 4.11. The number of benzene rings is 1. The van der Waals surface area contributed by atoms with Crippen molar-refractivity contribution in [3.05, 3.63) is 34.1 Å². The number of anilines is 1. The molecule has 3 fully saturated rings. The Kier molecular flexibility index (Phi) is 6.09. The van der Waals surface area contributed by atoms with Crippen LogP contribution in [0.25, 0.3) is 0 Å². The van der Waals surface area contributed by atoms with Gasteiger partial charge in [0.05, 0.1) is 41.6 Å². The van der Waals surface area contributed by atoms with Gasteiger partial charge in [-0.2, -0.15) is 0 Å². The minimum atomic E-state index is -0.660. The quantitative estimate of drug-likeness (QED) is 0.712. The van der Waals surface area contributed by atoms with Gasteiger partial charge in [0.25, 0.3) is 11.8 Å². The summed E-state index contributed by atoms with van der Waals surface area (Å²) in [7, 11) is 0. The number of amides is 2. The van der Waals surface area contributed by atoms with Gasteiger partial charge in [0.1, 0.15) is 11.6 Å². The predicted molar refractivity (Wildman–Crippen MR) is 115 cm³/mol. The molecule has 0 aromatic heterocycles. The lowest BCUT2D eigenvalue weighted by molar-refractivity contribution is -0.236. The van der Waals surface area contributed by atoms with Gasteiger partial charge in [0, 0.05) is 18.2 Å². The number of hydroxylamine groups is 2. The number of hydrogen-bond donors (Lipinski definition) is 1. The molecule has 2 aliphatic carbocycles. The van der Waals surface area contributed by atoms with Crippen LogP contribution in [0.5, 0.6) is 5.75 Å². The molecule has 2 unspecified atom stereocenters. The Bertz CT molecular complexity index is 958. The molecule has 5 rings (SSSR count). The van der Waals surface area contributed by atoms with Crippen molar-refractivity contribution in [3.63, 3.8) is 0 Å². The van der Waals surface area contributed by atoms with E-state index in [0.29, 0.717) is 43.1 Å². The monoisotopic (exact) mass is 464 g/mol. The first-order chi connectivity index (χ1) is 15.5. The number of ether oxygens (including phenoxy) is 2. The summed E-state index contributed by atoms with van der Waals surface area (Å²) in [6.45, 7) is 1.49. The number of rotatable bonds is 5. The summed E-state index contributed by atoms with van der Waals surface area (Å²) in [5, 5.41) is 4.05. The summed E-state index contributed by atoms with van der Waals surface area (Å²) in [6, 6.07) is 2.57. The largest absolute Gasteiger partial charge is 0.489 e. The smallest absolute Gasteiger partial charge is 0.276 e. The van der Waals surface area contributed by atoms with E-state index in [2.05, 4.69) is 5.32 Å². The average Bonchev–Trinajstić information content (AvgIpc) is 3.41. The molecule has 0 radical (unpaired) electrons. The Balaban J connectivity index is 1.41. The third-order valence-corrected chi connectivity index (χ3v) is 7.02. The first-order valence-electron chi connectivity index (χ1n) is 11.3. The molecule has 0 spiro atoms. The zero-order chi connectivity index (χ0) is 22.2. The Labute approximate surface area is 190 Å². The van der Waals surface area contributed by atoms with Crippen LogP contribution < -0.4 is 10.1 Å². The molecule has 172 valence electrons. The molecule has 2 heterocycles. The highest BCUT2D eigenvalue weighted by atomic mass is 35.5. The van der Waals surface area contributed by atoms with Gasteiger partial charge in [-0.1, -0.05) is 11.6 Å². The first-order valence-corrected chi connectivity index (χ1v) is 11.7. The molecule has 1 aromatic rings. The highest BCUT2D eigenvalue weighted by molar-refractivity contribution is 6.32. The lowest BCUT2D eigenvalue weighted by atomic mass is 9.80. The number of nitrogens with zero attached hydrogens (tertiary/aromatic N) is 1. The van der Waals surface area contributed by atoms with Crippen molar-refractivity contribution in [2.45, 2.75) is 57.2 Å². The van der Waals surface area contributed by atoms with E-state index in [-0.39, 0.29) is 28.6 Å². The molecule has 9 heteroatoms. The van der Waals surface area contributed by atoms with Gasteiger partial charge in [0.15, 0.2) is 0 Å². The van der Waals surface area contributed by atoms with Crippen molar-refractivity contribution in [1.82, 2.24) is 5.06 Å². The van der Waals surface area contributed by atoms with E-state index in [0.717, 1.165) is 44.6 Å². The molecular formula is C23H26ClFN2O5. The second-order valence-electron chi connectivity index (χ2n) is 8.75. The van der Waals surface area contributed by atoms with Gasteiger partial charge >= 0.3 is 0 Å². The van der Waals surface area contributed by atoms with Crippen molar-refractivity contribution < 1.29 is 28.3 Å². The van der Waals surface area contributed by atoms with Crippen LogP contribution >= 0.6 is 11.6 Å². The van der Waals surface area contributed by atoms with E-state index in [1.165, 1.54) is 11.1 Å². The summed E-state index contributed by atoms with van der Waals surface area (Å²) >= 11 is 6.18. The van der Waals surface area contributed by atoms with Crippen molar-refractivity contribution in [2.24, 2.45) is 5.92 Å². The number of carbonyl (C=O) groups is 2. The SMILES string of the molecule is O=C(Nc1cc(OC2CCCC2)c(Cl)cc1F)C1=C(C(=O)N2CCO2)C2OCCC2CC1. The van der Waals surface area contributed by atoms with Crippen LogP contribution in [0.4, 0.5) is 10.1 Å². The van der Waals surface area contributed by atoms with Gasteiger partial charge in [-0.05, 0) is 56.9 Å². The molecular weight excluding hydrogens is 439 g/mol. The topological polar surface area (TPSA) is 77.1 Å². The van der Waals surface area contributed by atoms with Crippen molar-refractivity contribution in [2.75, 3.05) is 25.1 Å². The van der Waals surface area contributed by atoms with Crippen LogP contribution in [0.1, 0.15) is 44.9 Å². The molecule has 0 bridgehead atoms. The maximum Gasteiger partial charge on any atom is 0.276 e. The fraction of sp³-hybridized carbons (Fsp3) is 0.565. The van der Waals surface area contributed by atoms with Gasteiger partial charge in [0.2, 0.25) is 0 Å². The maximum absolute atomic E-state index is 14.6. The zero-order valence-corrected chi connectivity index (χ0v) is 18.5. The van der Waals surface area contributed by atoms with Gasteiger partial charge < -0.3 is 14.8 Å². The summed E-state index contributed by atoms with van der Waals surface area (Å²) in [4.78, 5) is 31.5. The normalized spacial score (nSPS) is 25.5. The molecule has 1 aromatic carbocycles. The van der Waals surface area contributed by atoms with Crippen LogP contribution in [-0.2, 0) is 19.2 Å². The average molecular weight is 465 g/mol. The molecule has 1 N–H and O–H groups in total. The number of hydrogen-bond acceptors (Lipinski definition) is 5. The standard InChI is InChI=1S/C23H26ClFN2O5/c24-16-11-17(25)18(12-19(16)32-14-3-1-2-4-14)26-22(28)15-6-5-13-7-9-30-21(13)20(15)23(29)27-8-10-31-27/h11-14,21H,1-10H2,(H,26,28). The Morgan fingerprint density at radius 1 is 1.16 bits per heavy atom. The first kappa shape index (κ1) is 21.7. The van der Waals surface area contributed by atoms with E-state index in [4.69, 9.17) is 25.9 Å². The Hall–Kier alpha value is -2.16. The van der Waals surface area contributed by atoms with Gasteiger partial charge in [-0.15, -0.1) is 0 Å². The van der Waals surface area contributed by atoms with Crippen LogP contribution in [-0.4, -0.2) is 48.8 Å². The minimum absolute atomic E-state index is 0.0265. The highest BCUT2D eigenvalue weighted by Gasteiger charge is 2.43. The lowest BCUT2D eigenvalue weighted by Gasteiger charge is -2.35. The fourth-order valence-electron chi connectivity index (χ4n) is 4.95. The second kappa shape index (κ2) is 9.00. The van der Waals surface area contributed by atoms with Crippen LogP contribution in [0.3, 0.4) is 0 Å². The Morgan fingerprint density at radius 2 is 1.94 bits per heavy atom. The molecule has 2 atom stereocenters. The molecule has 1 saturated carbocycles. The number of carbonyl (C=O) groups excluding carboxylic acids is 2. The second-order valence-corrected chi connectivity index (χ2v) is 9.16. The van der Waals surface area contributed by atoms with E-state index in [9.17, 15) is 14.0 Å². The van der Waals surface area contributed by atoms with E-state index < -0.39 is 17.8 Å². The van der Waals surface area contributed by atoms with E-state index in [1.807, 2.05) is 0 Å². The zero-order valence-electron chi connectivity index (χ0n) is 17.7. The summed E-state index contributed by atoms with van der Waals surface area (Å²) < 4.78 is 26.4. The summed E-state index contributed by atoms with van der Waals surface area (Å²) in [5.74, 6) is -0.981. The molecule has 2 aliphatic heterocycles. The highest BCUT2D eigenvalue weighted by Crippen LogP contribution is 2.40. The molecule has 2 saturated heterocycles. The number of halogens is 2. The van der Waals surface area contributed by atoms with Crippen molar-refractivity contribution >= 4 is 29.1 Å². The summed E-state index contributed by atoms with van der Waals surface area (Å²) in [5.41, 5.74) is 0.621. The number of nitrogens with one attached hydrogen (secondary N) is 1. The molecule has 2 amide bonds. The predicted octanol–water partition coefficient (Wildman–Crippen LogP) is 4.01. The number of fused-ring (bicyclic) bond motifs is 1. The van der Waals surface area contributed by atoms with Crippen LogP contribution in [0, 0.1) is 11.7 Å². The third-order valence-electron chi connectivity index (χ3n) is 6.73. The molecule has 32 heavy (non-hydrogen) atoms. The maximum atomic E-state index is 14.6. The van der Waals surface area contributed by atoms with Gasteiger partial charge in [-0.25, -0.2) is 9.45 Å².